The van der Waals surface area contributed by atoms with Crippen molar-refractivity contribution >= 4 is 16.7 Å². The molecule has 7 rings (SSSR count). The van der Waals surface area contributed by atoms with Crippen LogP contribution < -0.4 is 14.2 Å². The predicted molar refractivity (Wildman–Crippen MR) is 133 cm³/mol. The average Bonchev–Trinajstić information content (AvgIpc) is 3.47. The first-order chi connectivity index (χ1) is 17.6. The van der Waals surface area contributed by atoms with E-state index in [0.717, 1.165) is 28.3 Å². The van der Waals surface area contributed by atoms with Crippen molar-refractivity contribution in [3.8, 4) is 17.2 Å². The van der Waals surface area contributed by atoms with Crippen molar-refractivity contribution in [2.45, 2.75) is 36.6 Å². The molecule has 1 unspecified atom stereocenters. The van der Waals surface area contributed by atoms with Crippen LogP contribution >= 0.6 is 0 Å². The Balaban J connectivity index is 1.36. The maximum atomic E-state index is 13.7. The van der Waals surface area contributed by atoms with Gasteiger partial charge in [0.25, 0.3) is 0 Å². The predicted octanol–water partition coefficient (Wildman–Crippen LogP) is 4.21. The molecule has 0 aromatic heterocycles. The Kier molecular flexibility index (Phi) is 4.81. The van der Waals surface area contributed by atoms with Gasteiger partial charge in [-0.1, -0.05) is 48.6 Å². The van der Waals surface area contributed by atoms with Crippen molar-refractivity contribution in [1.29, 1.82) is 0 Å². The number of rotatable bonds is 4. The summed E-state index contributed by atoms with van der Waals surface area (Å²) in [6.07, 6.45) is 4.73. The highest BCUT2D eigenvalue weighted by Gasteiger charge is 2.61. The van der Waals surface area contributed by atoms with Gasteiger partial charge in [0.1, 0.15) is 6.10 Å². The van der Waals surface area contributed by atoms with Crippen LogP contribution in [-0.4, -0.2) is 56.7 Å². The van der Waals surface area contributed by atoms with E-state index in [1.807, 2.05) is 42.5 Å². The molecule has 1 aliphatic carbocycles. The molecule has 0 saturated carbocycles. The van der Waals surface area contributed by atoms with Crippen molar-refractivity contribution in [3.05, 3.63) is 77.4 Å². The molecule has 3 aromatic rings. The first-order valence-electron chi connectivity index (χ1n) is 12.3. The van der Waals surface area contributed by atoms with Crippen LogP contribution in [0.5, 0.6) is 17.2 Å². The van der Waals surface area contributed by atoms with Crippen LogP contribution in [0.4, 0.5) is 0 Å². The van der Waals surface area contributed by atoms with Crippen LogP contribution in [-0.2, 0) is 21.4 Å². The molecule has 2 bridgehead atoms. The fourth-order valence-electron chi connectivity index (χ4n) is 6.67. The van der Waals surface area contributed by atoms with E-state index in [-0.39, 0.29) is 31.0 Å². The van der Waals surface area contributed by atoms with E-state index in [4.69, 9.17) is 23.7 Å². The Labute approximate surface area is 209 Å². The number of hydrogen-bond acceptors (Lipinski definition) is 7. The Morgan fingerprint density at radius 3 is 2.83 bits per heavy atom. The summed E-state index contributed by atoms with van der Waals surface area (Å²) in [7, 11) is 3.40. The number of carbonyl (C=O) groups excluding carboxylic acids is 1. The summed E-state index contributed by atoms with van der Waals surface area (Å²) in [5.41, 5.74) is 2.17. The standard InChI is InChI=1S/C29H27NO6/c1-32-18-10-11-29-22-13-23-27(35-16-34-23)26(33-2)21(22)14-30(24(29)12-18)15-25(29)36-28(31)20-9-5-7-17-6-3-4-8-19(17)20/h3-11,13,18,24-25H,12,14-16H2,1-2H3/t18-,24+,25+,29+/m0/s1. The van der Waals surface area contributed by atoms with E-state index in [0.29, 0.717) is 35.9 Å². The van der Waals surface area contributed by atoms with Crippen LogP contribution in [0.1, 0.15) is 27.9 Å². The molecule has 0 amide bonds. The second-order valence-corrected chi connectivity index (χ2v) is 9.84. The Morgan fingerprint density at radius 1 is 1.11 bits per heavy atom. The monoisotopic (exact) mass is 485 g/mol. The molecule has 1 saturated heterocycles. The topological polar surface area (TPSA) is 66.5 Å². The van der Waals surface area contributed by atoms with Crippen molar-refractivity contribution in [1.82, 2.24) is 4.90 Å². The van der Waals surface area contributed by atoms with E-state index in [1.165, 1.54) is 0 Å². The number of carbonyl (C=O) groups is 1. The first kappa shape index (κ1) is 21.7. The third-order valence-corrected chi connectivity index (χ3v) is 8.28. The summed E-state index contributed by atoms with van der Waals surface area (Å²) in [6, 6.07) is 15.8. The minimum Gasteiger partial charge on any atom is -0.492 e. The molecule has 0 radical (unpaired) electrons. The fourth-order valence-corrected chi connectivity index (χ4v) is 6.67. The van der Waals surface area contributed by atoms with Gasteiger partial charge in [0.15, 0.2) is 11.5 Å². The highest BCUT2D eigenvalue weighted by atomic mass is 16.7. The van der Waals surface area contributed by atoms with E-state index in [1.54, 1.807) is 14.2 Å². The summed E-state index contributed by atoms with van der Waals surface area (Å²) in [4.78, 5) is 16.1. The molecule has 36 heavy (non-hydrogen) atoms. The molecule has 3 aromatic carbocycles. The van der Waals surface area contributed by atoms with Crippen LogP contribution in [0.2, 0.25) is 0 Å². The second-order valence-electron chi connectivity index (χ2n) is 9.84. The number of hydrogen-bond donors (Lipinski definition) is 0. The fraction of sp³-hybridized carbons (Fsp3) is 0.345. The Morgan fingerprint density at radius 2 is 1.97 bits per heavy atom. The third kappa shape index (κ3) is 2.90. The molecule has 0 N–H and O–H groups in total. The van der Waals surface area contributed by atoms with Crippen LogP contribution in [0.25, 0.3) is 10.8 Å². The van der Waals surface area contributed by atoms with E-state index >= 15 is 0 Å². The van der Waals surface area contributed by atoms with Gasteiger partial charge < -0.3 is 23.7 Å². The zero-order valence-corrected chi connectivity index (χ0v) is 20.2. The van der Waals surface area contributed by atoms with Gasteiger partial charge in [0.05, 0.1) is 24.2 Å². The van der Waals surface area contributed by atoms with Crippen LogP contribution in [0.15, 0.2) is 60.7 Å². The number of esters is 1. The summed E-state index contributed by atoms with van der Waals surface area (Å²) < 4.78 is 29.5. The van der Waals surface area contributed by atoms with Crippen LogP contribution in [0, 0.1) is 0 Å². The quantitative estimate of drug-likeness (QED) is 0.405. The van der Waals surface area contributed by atoms with Gasteiger partial charge >= 0.3 is 5.97 Å². The Hall–Kier alpha value is -3.55. The number of methoxy groups -OCH3 is 2. The molecule has 1 fully saturated rings. The second kappa shape index (κ2) is 7.98. The Bertz CT molecular complexity index is 1410. The molecule has 184 valence electrons. The van der Waals surface area contributed by atoms with Crippen molar-refractivity contribution in [2.75, 3.05) is 27.6 Å². The number of benzene rings is 3. The molecule has 0 spiro atoms. The van der Waals surface area contributed by atoms with Crippen molar-refractivity contribution in [2.24, 2.45) is 0 Å². The molecule has 7 heteroatoms. The molecule has 5 atom stereocenters. The van der Waals surface area contributed by atoms with Crippen molar-refractivity contribution in [3.63, 3.8) is 0 Å². The molecule has 4 aliphatic rings. The first-order valence-corrected chi connectivity index (χ1v) is 12.3. The van der Waals surface area contributed by atoms with Gasteiger partial charge in [-0.05, 0) is 34.9 Å². The number of nitrogens with zero attached hydrogens (tertiary/aromatic N) is 1. The summed E-state index contributed by atoms with van der Waals surface area (Å²) >= 11 is 0. The lowest BCUT2D eigenvalue weighted by atomic mass is 9.65. The number of fused-ring (bicyclic) bond motifs is 3. The highest BCUT2D eigenvalue weighted by Crippen LogP contribution is 2.58. The normalized spacial score (nSPS) is 29.1. The van der Waals surface area contributed by atoms with Gasteiger partial charge in [0, 0.05) is 31.8 Å². The van der Waals surface area contributed by atoms with Gasteiger partial charge in [-0.15, -0.1) is 0 Å². The highest BCUT2D eigenvalue weighted by molar-refractivity contribution is 6.04. The third-order valence-electron chi connectivity index (χ3n) is 8.28. The lowest BCUT2D eigenvalue weighted by molar-refractivity contribution is 0.0189. The SMILES string of the molecule is COc1c2c(cc3c1OCO3)[C@]13C=C[C@H](OC)C[C@H]1N(C2)C[C@H]3OC(=O)c1cccc2ccccc12. The summed E-state index contributed by atoms with van der Waals surface area (Å²) in [6.45, 7) is 1.45. The minimum atomic E-state index is -0.545. The average molecular weight is 486 g/mol. The molecule has 3 aliphatic heterocycles. The van der Waals surface area contributed by atoms with Gasteiger partial charge in [-0.2, -0.15) is 0 Å². The molecular weight excluding hydrogens is 458 g/mol. The zero-order chi connectivity index (χ0) is 24.4. The van der Waals surface area contributed by atoms with E-state index in [9.17, 15) is 4.79 Å². The molecule has 3 heterocycles. The van der Waals surface area contributed by atoms with Gasteiger partial charge in [-0.25, -0.2) is 4.79 Å². The summed E-state index contributed by atoms with van der Waals surface area (Å²) in [5.74, 6) is 1.70. The lowest BCUT2D eigenvalue weighted by Crippen LogP contribution is -2.53. The largest absolute Gasteiger partial charge is 0.492 e. The van der Waals surface area contributed by atoms with E-state index in [2.05, 4.69) is 23.1 Å². The summed E-state index contributed by atoms with van der Waals surface area (Å²) in [5, 5.41) is 1.91. The van der Waals surface area contributed by atoms with Gasteiger partial charge in [0.2, 0.25) is 12.5 Å². The molecule has 7 nitrogen and oxygen atoms in total. The van der Waals surface area contributed by atoms with E-state index < -0.39 is 5.41 Å². The van der Waals surface area contributed by atoms with Crippen LogP contribution in [0.3, 0.4) is 0 Å². The number of ether oxygens (including phenoxy) is 5. The lowest BCUT2D eigenvalue weighted by Gasteiger charge is -2.46. The maximum Gasteiger partial charge on any atom is 0.339 e. The van der Waals surface area contributed by atoms with Crippen molar-refractivity contribution < 1.29 is 28.5 Å². The maximum absolute atomic E-state index is 13.7. The van der Waals surface area contributed by atoms with Gasteiger partial charge in [-0.3, -0.25) is 4.90 Å². The molecular formula is C29H27NO6. The minimum absolute atomic E-state index is 0.00981. The smallest absolute Gasteiger partial charge is 0.339 e. The zero-order valence-electron chi connectivity index (χ0n) is 20.2.